The third kappa shape index (κ3) is 5.58. The Kier molecular flexibility index (Phi) is 7.77. The second kappa shape index (κ2) is 10.8. The highest BCUT2D eigenvalue weighted by Gasteiger charge is 2.40. The predicted octanol–water partition coefficient (Wildman–Crippen LogP) is 4.40. The molecule has 200 valence electrons. The Bertz CT molecular complexity index is 1170. The Balaban J connectivity index is 1.72. The molecule has 0 radical (unpaired) electrons. The van der Waals surface area contributed by atoms with Crippen LogP contribution in [0.2, 0.25) is 0 Å². The number of benzene rings is 2. The lowest BCUT2D eigenvalue weighted by atomic mass is 9.86. The number of amides is 3. The van der Waals surface area contributed by atoms with E-state index in [1.54, 1.807) is 18.2 Å². The first kappa shape index (κ1) is 26.5. The highest BCUT2D eigenvalue weighted by molar-refractivity contribution is 6.07. The van der Waals surface area contributed by atoms with Crippen LogP contribution in [0.15, 0.2) is 30.3 Å². The van der Waals surface area contributed by atoms with E-state index >= 15 is 4.39 Å². The maximum Gasteiger partial charge on any atom is 0.337 e. The summed E-state index contributed by atoms with van der Waals surface area (Å²) in [4.78, 5) is 27.0. The first-order chi connectivity index (χ1) is 17.6. The number of anilines is 3. The fourth-order valence-corrected chi connectivity index (χ4v) is 5.20. The number of nitrogens with zero attached hydrogens (tertiary/aromatic N) is 2. The number of likely N-dealkylation sites (N-methyl/N-ethyl adjacent to an activating group) is 1. The molecule has 4 rings (SSSR count). The van der Waals surface area contributed by atoms with E-state index in [-0.39, 0.29) is 23.1 Å². The van der Waals surface area contributed by atoms with E-state index in [0.717, 1.165) is 37.3 Å². The van der Waals surface area contributed by atoms with Crippen LogP contribution >= 0.6 is 0 Å². The van der Waals surface area contributed by atoms with E-state index in [1.807, 2.05) is 13.8 Å². The number of ether oxygens (including phenoxy) is 1. The molecule has 2 aromatic rings. The molecule has 2 aromatic carbocycles. The molecule has 5 N–H and O–H groups in total. The number of nitrogens with two attached hydrogens (primary N) is 1. The molecule has 1 aliphatic carbocycles. The van der Waals surface area contributed by atoms with Crippen molar-refractivity contribution in [3.8, 4) is 5.75 Å². The number of urea groups is 1. The minimum atomic E-state index is -0.981. The van der Waals surface area contributed by atoms with Gasteiger partial charge < -0.3 is 25.8 Å². The van der Waals surface area contributed by atoms with Crippen LogP contribution in [0.3, 0.4) is 0 Å². The molecule has 1 heterocycles. The SMILES string of the molecule is Cc1cc(N)ccc1NC(=O)c1cc(F)c(N2NC(=O)N(C)C2C(C)O)cc1OC(C)C1CCCCC1. The highest BCUT2D eigenvalue weighted by atomic mass is 19.1. The lowest BCUT2D eigenvalue weighted by Gasteiger charge is -2.31. The minimum absolute atomic E-state index is 0.00495. The molecule has 2 aliphatic rings. The van der Waals surface area contributed by atoms with Gasteiger partial charge in [-0.3, -0.25) is 9.80 Å². The van der Waals surface area contributed by atoms with Gasteiger partial charge in [0.25, 0.3) is 5.91 Å². The zero-order chi connectivity index (χ0) is 26.9. The van der Waals surface area contributed by atoms with Crippen LogP contribution < -0.4 is 26.2 Å². The number of rotatable bonds is 7. The number of aryl methyl sites for hydroxylation is 1. The zero-order valence-electron chi connectivity index (χ0n) is 21.8. The van der Waals surface area contributed by atoms with E-state index in [2.05, 4.69) is 10.7 Å². The third-order valence-corrected chi connectivity index (χ3v) is 7.31. The van der Waals surface area contributed by atoms with E-state index < -0.39 is 30.0 Å². The molecule has 0 spiro atoms. The van der Waals surface area contributed by atoms with E-state index in [4.69, 9.17) is 10.5 Å². The van der Waals surface area contributed by atoms with Gasteiger partial charge in [-0.2, -0.15) is 0 Å². The molecular formula is C27H36FN5O4. The predicted molar refractivity (Wildman–Crippen MR) is 141 cm³/mol. The molecule has 0 bridgehead atoms. The smallest absolute Gasteiger partial charge is 0.337 e. The molecule has 3 unspecified atom stereocenters. The number of nitrogen functional groups attached to an aromatic ring is 1. The normalized spacial score (nSPS) is 19.9. The van der Waals surface area contributed by atoms with Gasteiger partial charge in [-0.15, -0.1) is 0 Å². The number of carbonyl (C=O) groups excluding carboxylic acids is 2. The summed E-state index contributed by atoms with van der Waals surface area (Å²) in [5, 5.41) is 14.4. The van der Waals surface area contributed by atoms with Crippen molar-refractivity contribution in [3.63, 3.8) is 0 Å². The average molecular weight is 514 g/mol. The number of hydrazine groups is 1. The zero-order valence-corrected chi connectivity index (χ0v) is 21.8. The lowest BCUT2D eigenvalue weighted by Crippen LogP contribution is -2.47. The Morgan fingerprint density at radius 1 is 1.22 bits per heavy atom. The first-order valence-electron chi connectivity index (χ1n) is 12.7. The van der Waals surface area contributed by atoms with E-state index in [1.165, 1.54) is 36.4 Å². The number of aliphatic hydroxyl groups is 1. The summed E-state index contributed by atoms with van der Waals surface area (Å²) in [5.74, 6) is -0.745. The molecule has 1 saturated heterocycles. The highest BCUT2D eigenvalue weighted by Crippen LogP contribution is 2.36. The van der Waals surface area contributed by atoms with Gasteiger partial charge in [-0.05, 0) is 69.4 Å². The van der Waals surface area contributed by atoms with Crippen LogP contribution in [-0.2, 0) is 0 Å². The quantitative estimate of drug-likeness (QED) is 0.408. The molecular weight excluding hydrogens is 477 g/mol. The summed E-state index contributed by atoms with van der Waals surface area (Å²) in [6.45, 7) is 5.31. The Hall–Kier alpha value is -3.53. The summed E-state index contributed by atoms with van der Waals surface area (Å²) in [7, 11) is 1.52. The van der Waals surface area contributed by atoms with Crippen molar-refractivity contribution >= 4 is 29.0 Å². The standard InChI is InChI=1S/C27H36FN5O4/c1-15-12-19(29)10-11-22(15)30-25(35)20-13-21(28)23(33-26(16(2)34)32(4)27(36)31-33)14-24(20)37-17(3)18-8-6-5-7-9-18/h10-14,16-18,26,34H,5-9,29H2,1-4H3,(H,30,35)(H,31,36). The number of halogens is 1. The Morgan fingerprint density at radius 2 is 1.92 bits per heavy atom. The van der Waals surface area contributed by atoms with Crippen LogP contribution in [0, 0.1) is 18.7 Å². The fourth-order valence-electron chi connectivity index (χ4n) is 5.20. The summed E-state index contributed by atoms with van der Waals surface area (Å²) < 4.78 is 21.9. The van der Waals surface area contributed by atoms with Crippen LogP contribution in [0.25, 0.3) is 0 Å². The van der Waals surface area contributed by atoms with Crippen molar-refractivity contribution in [2.24, 2.45) is 5.92 Å². The van der Waals surface area contributed by atoms with Gasteiger partial charge in [0.2, 0.25) is 0 Å². The summed E-state index contributed by atoms with van der Waals surface area (Å²) in [5.41, 5.74) is 10.3. The van der Waals surface area contributed by atoms with Crippen molar-refractivity contribution in [3.05, 3.63) is 47.3 Å². The van der Waals surface area contributed by atoms with Gasteiger partial charge in [-0.25, -0.2) is 14.6 Å². The van der Waals surface area contributed by atoms with Crippen LogP contribution in [0.1, 0.15) is 61.9 Å². The Labute approximate surface area is 216 Å². The molecule has 37 heavy (non-hydrogen) atoms. The number of aliphatic hydroxyl groups excluding tert-OH is 1. The maximum absolute atomic E-state index is 15.6. The number of nitrogens with one attached hydrogen (secondary N) is 2. The van der Waals surface area contributed by atoms with Gasteiger partial charge in [0.05, 0.1) is 23.5 Å². The van der Waals surface area contributed by atoms with Crippen molar-refractivity contribution in [2.75, 3.05) is 23.1 Å². The van der Waals surface area contributed by atoms with Gasteiger partial charge >= 0.3 is 6.03 Å². The third-order valence-electron chi connectivity index (χ3n) is 7.31. The second-order valence-electron chi connectivity index (χ2n) is 10.1. The van der Waals surface area contributed by atoms with E-state index in [0.29, 0.717) is 17.3 Å². The van der Waals surface area contributed by atoms with Crippen molar-refractivity contribution in [1.29, 1.82) is 0 Å². The summed E-state index contributed by atoms with van der Waals surface area (Å²) in [6.07, 6.45) is 3.47. The van der Waals surface area contributed by atoms with Crippen molar-refractivity contribution in [2.45, 2.75) is 71.2 Å². The fraction of sp³-hybridized carbons (Fsp3) is 0.481. The summed E-state index contributed by atoms with van der Waals surface area (Å²) in [6, 6.07) is 7.17. The molecule has 1 saturated carbocycles. The van der Waals surface area contributed by atoms with Crippen molar-refractivity contribution < 1.29 is 23.8 Å². The van der Waals surface area contributed by atoms with Gasteiger partial charge in [0.1, 0.15) is 11.6 Å². The van der Waals surface area contributed by atoms with Crippen LogP contribution in [-0.4, -0.2) is 47.4 Å². The minimum Gasteiger partial charge on any atom is -0.490 e. The van der Waals surface area contributed by atoms with Crippen LogP contribution in [0.4, 0.5) is 26.2 Å². The topological polar surface area (TPSA) is 120 Å². The molecule has 3 amide bonds. The molecule has 10 heteroatoms. The molecule has 9 nitrogen and oxygen atoms in total. The Morgan fingerprint density at radius 3 is 2.57 bits per heavy atom. The first-order valence-corrected chi connectivity index (χ1v) is 12.7. The van der Waals surface area contributed by atoms with Gasteiger partial charge in [0.15, 0.2) is 6.17 Å². The largest absolute Gasteiger partial charge is 0.490 e. The van der Waals surface area contributed by atoms with Crippen molar-refractivity contribution in [1.82, 2.24) is 10.3 Å². The number of hydrogen-bond donors (Lipinski definition) is 4. The number of hydrogen-bond acceptors (Lipinski definition) is 6. The second-order valence-corrected chi connectivity index (χ2v) is 10.1. The average Bonchev–Trinajstić information content (AvgIpc) is 3.16. The summed E-state index contributed by atoms with van der Waals surface area (Å²) >= 11 is 0. The van der Waals surface area contributed by atoms with E-state index in [9.17, 15) is 14.7 Å². The number of carbonyl (C=O) groups is 2. The molecule has 1 aliphatic heterocycles. The molecule has 3 atom stereocenters. The maximum atomic E-state index is 15.6. The molecule has 0 aromatic heterocycles. The lowest BCUT2D eigenvalue weighted by molar-refractivity contribution is 0.0995. The van der Waals surface area contributed by atoms with Gasteiger partial charge in [-0.1, -0.05) is 19.3 Å². The van der Waals surface area contributed by atoms with Crippen LogP contribution in [0.5, 0.6) is 5.75 Å². The monoisotopic (exact) mass is 513 g/mol. The molecule has 2 fully saturated rings. The van der Waals surface area contributed by atoms with Gasteiger partial charge in [0, 0.05) is 24.5 Å².